The highest BCUT2D eigenvalue weighted by atomic mass is 35.5. The number of amides is 1. The second-order valence-corrected chi connectivity index (χ2v) is 6.12. The summed E-state index contributed by atoms with van der Waals surface area (Å²) in [4.78, 5) is 16.5. The lowest BCUT2D eigenvalue weighted by atomic mass is 10.1. The van der Waals surface area contributed by atoms with Gasteiger partial charge < -0.3 is 5.32 Å². The number of rotatable bonds is 4. The number of halogens is 2. The molecule has 0 spiro atoms. The second-order valence-electron chi connectivity index (χ2n) is 5.28. The Morgan fingerprint density at radius 3 is 2.55 bits per heavy atom. The van der Waals surface area contributed by atoms with Crippen molar-refractivity contribution in [2.45, 2.75) is 27.2 Å². The Hall–Kier alpha value is -1.58. The van der Waals surface area contributed by atoms with Gasteiger partial charge in [0.15, 0.2) is 0 Å². The van der Waals surface area contributed by atoms with Crippen LogP contribution in [0.2, 0.25) is 10.0 Å². The van der Waals surface area contributed by atoms with Gasteiger partial charge in [-0.15, -0.1) is 0 Å². The Balaban J connectivity index is 1.98. The summed E-state index contributed by atoms with van der Waals surface area (Å²) < 4.78 is 0. The molecule has 0 atom stereocenters. The van der Waals surface area contributed by atoms with E-state index in [9.17, 15) is 4.79 Å². The molecule has 1 aromatic carbocycles. The lowest BCUT2D eigenvalue weighted by Crippen LogP contribution is -2.27. The van der Waals surface area contributed by atoms with Crippen LogP contribution in [0, 0.1) is 20.8 Å². The fourth-order valence-corrected chi connectivity index (χ4v) is 2.64. The predicted molar refractivity (Wildman–Crippen MR) is 90.9 cm³/mol. The van der Waals surface area contributed by atoms with Crippen molar-refractivity contribution < 1.29 is 4.79 Å². The summed E-state index contributed by atoms with van der Waals surface area (Å²) in [7, 11) is 0. The third-order valence-electron chi connectivity index (χ3n) is 3.70. The molecule has 5 heteroatoms. The third kappa shape index (κ3) is 3.99. The van der Waals surface area contributed by atoms with Crippen LogP contribution in [0.5, 0.6) is 0 Å². The Kier molecular flexibility index (Phi) is 5.43. The highest BCUT2D eigenvalue weighted by Gasteiger charge is 2.10. The molecule has 116 valence electrons. The zero-order chi connectivity index (χ0) is 16.3. The van der Waals surface area contributed by atoms with E-state index >= 15 is 0 Å². The van der Waals surface area contributed by atoms with Crippen molar-refractivity contribution in [3.8, 4) is 0 Å². The molecule has 0 bridgehead atoms. The van der Waals surface area contributed by atoms with E-state index in [0.717, 1.165) is 22.4 Å². The van der Waals surface area contributed by atoms with E-state index in [2.05, 4.69) is 10.3 Å². The highest BCUT2D eigenvalue weighted by molar-refractivity contribution is 6.35. The third-order valence-corrected chi connectivity index (χ3v) is 4.29. The van der Waals surface area contributed by atoms with Gasteiger partial charge in [-0.05, 0) is 62.1 Å². The number of nitrogens with zero attached hydrogens (tertiary/aromatic N) is 1. The van der Waals surface area contributed by atoms with Crippen molar-refractivity contribution in [3.05, 3.63) is 62.4 Å². The average Bonchev–Trinajstić information content (AvgIpc) is 2.46. The van der Waals surface area contributed by atoms with Crippen molar-refractivity contribution in [2.75, 3.05) is 6.54 Å². The summed E-state index contributed by atoms with van der Waals surface area (Å²) in [6.45, 7) is 6.39. The molecule has 3 nitrogen and oxygen atoms in total. The molecule has 0 unspecified atom stereocenters. The van der Waals surface area contributed by atoms with Crippen LogP contribution in [0.4, 0.5) is 0 Å². The number of nitrogens with one attached hydrogen (secondary N) is 1. The van der Waals surface area contributed by atoms with Gasteiger partial charge >= 0.3 is 0 Å². The maximum atomic E-state index is 12.2. The zero-order valence-corrected chi connectivity index (χ0v) is 14.3. The van der Waals surface area contributed by atoms with Crippen LogP contribution in [0.3, 0.4) is 0 Å². The Bertz CT molecular complexity index is 691. The molecule has 1 N–H and O–H groups in total. The van der Waals surface area contributed by atoms with Gasteiger partial charge in [0.25, 0.3) is 5.91 Å². The highest BCUT2D eigenvalue weighted by Crippen LogP contribution is 2.21. The molecule has 1 amide bonds. The van der Waals surface area contributed by atoms with Gasteiger partial charge in [-0.2, -0.15) is 0 Å². The lowest BCUT2D eigenvalue weighted by molar-refractivity contribution is 0.0949. The molecule has 0 saturated carbocycles. The molecule has 0 saturated heterocycles. The van der Waals surface area contributed by atoms with E-state index in [1.165, 1.54) is 0 Å². The summed E-state index contributed by atoms with van der Waals surface area (Å²) in [6, 6.07) is 7.18. The van der Waals surface area contributed by atoms with Crippen LogP contribution in [0.15, 0.2) is 24.3 Å². The van der Waals surface area contributed by atoms with Crippen LogP contribution in [0.1, 0.15) is 32.9 Å². The van der Waals surface area contributed by atoms with E-state index in [4.69, 9.17) is 23.2 Å². The van der Waals surface area contributed by atoms with E-state index < -0.39 is 0 Å². The normalized spacial score (nSPS) is 10.6. The van der Waals surface area contributed by atoms with Gasteiger partial charge in [0.2, 0.25) is 0 Å². The monoisotopic (exact) mass is 336 g/mol. The first kappa shape index (κ1) is 16.8. The van der Waals surface area contributed by atoms with Crippen molar-refractivity contribution in [3.63, 3.8) is 0 Å². The number of hydrogen-bond acceptors (Lipinski definition) is 2. The van der Waals surface area contributed by atoms with E-state index in [0.29, 0.717) is 28.7 Å². The largest absolute Gasteiger partial charge is 0.350 e. The summed E-state index contributed by atoms with van der Waals surface area (Å²) in [5.74, 6) is -0.170. The van der Waals surface area contributed by atoms with Crippen LogP contribution in [-0.2, 0) is 6.42 Å². The van der Waals surface area contributed by atoms with Crippen LogP contribution < -0.4 is 5.32 Å². The van der Waals surface area contributed by atoms with Crippen LogP contribution in [-0.4, -0.2) is 17.4 Å². The van der Waals surface area contributed by atoms with Crippen molar-refractivity contribution in [2.24, 2.45) is 0 Å². The van der Waals surface area contributed by atoms with E-state index in [1.807, 2.05) is 32.9 Å². The Morgan fingerprint density at radius 2 is 1.91 bits per heavy atom. The molecule has 0 radical (unpaired) electrons. The number of hydrogen-bond donors (Lipinski definition) is 1. The molecule has 0 fully saturated rings. The Morgan fingerprint density at radius 1 is 1.18 bits per heavy atom. The molecular weight excluding hydrogens is 319 g/mol. The number of aromatic nitrogens is 1. The fraction of sp³-hybridized carbons (Fsp3) is 0.294. The first-order valence-electron chi connectivity index (χ1n) is 7.05. The fourth-order valence-electron chi connectivity index (χ4n) is 2.14. The molecule has 0 aliphatic heterocycles. The first-order chi connectivity index (χ1) is 10.4. The summed E-state index contributed by atoms with van der Waals surface area (Å²) in [5, 5.41) is 4.09. The molecular formula is C17H18Cl2N2O. The minimum atomic E-state index is -0.170. The topological polar surface area (TPSA) is 42.0 Å². The summed E-state index contributed by atoms with van der Waals surface area (Å²) in [5.41, 5.74) is 4.46. The predicted octanol–water partition coefficient (Wildman–Crippen LogP) is 4.29. The smallest absolute Gasteiger partial charge is 0.269 e. The number of carbonyl (C=O) groups is 1. The summed E-state index contributed by atoms with van der Waals surface area (Å²) >= 11 is 12.0. The van der Waals surface area contributed by atoms with Crippen LogP contribution in [0.25, 0.3) is 0 Å². The van der Waals surface area contributed by atoms with Gasteiger partial charge in [-0.1, -0.05) is 29.3 Å². The van der Waals surface area contributed by atoms with Gasteiger partial charge in [0, 0.05) is 22.3 Å². The van der Waals surface area contributed by atoms with Crippen molar-refractivity contribution in [1.29, 1.82) is 0 Å². The summed E-state index contributed by atoms with van der Waals surface area (Å²) in [6.07, 6.45) is 0.644. The van der Waals surface area contributed by atoms with Gasteiger partial charge in [-0.25, -0.2) is 4.98 Å². The SMILES string of the molecule is Cc1cc(C(=O)NCCc2ccc(Cl)cc2Cl)nc(C)c1C. The molecule has 0 aliphatic carbocycles. The zero-order valence-electron chi connectivity index (χ0n) is 12.8. The lowest BCUT2D eigenvalue weighted by Gasteiger charge is -2.09. The molecule has 2 rings (SSSR count). The second kappa shape index (κ2) is 7.12. The standard InChI is InChI=1S/C17H18Cl2N2O/c1-10-8-16(21-12(3)11(10)2)17(22)20-7-6-13-4-5-14(18)9-15(13)19/h4-5,8-9H,6-7H2,1-3H3,(H,20,22). The van der Waals surface area contributed by atoms with Gasteiger partial charge in [-0.3, -0.25) is 4.79 Å². The quantitative estimate of drug-likeness (QED) is 0.904. The molecule has 1 heterocycles. The number of carbonyl (C=O) groups excluding carboxylic acids is 1. The first-order valence-corrected chi connectivity index (χ1v) is 7.81. The molecule has 1 aromatic heterocycles. The molecule has 2 aromatic rings. The maximum Gasteiger partial charge on any atom is 0.269 e. The van der Waals surface area contributed by atoms with Gasteiger partial charge in [0.1, 0.15) is 5.69 Å². The average molecular weight is 337 g/mol. The maximum absolute atomic E-state index is 12.2. The molecule has 0 aliphatic rings. The number of benzene rings is 1. The van der Waals surface area contributed by atoms with Crippen molar-refractivity contribution >= 4 is 29.1 Å². The minimum Gasteiger partial charge on any atom is -0.350 e. The number of aryl methyl sites for hydroxylation is 2. The number of pyridine rings is 1. The van der Waals surface area contributed by atoms with Gasteiger partial charge in [0.05, 0.1) is 0 Å². The van der Waals surface area contributed by atoms with E-state index in [1.54, 1.807) is 12.1 Å². The Labute approximate surface area is 140 Å². The minimum absolute atomic E-state index is 0.170. The van der Waals surface area contributed by atoms with Crippen molar-refractivity contribution in [1.82, 2.24) is 10.3 Å². The molecule has 22 heavy (non-hydrogen) atoms. The van der Waals surface area contributed by atoms with Crippen LogP contribution >= 0.6 is 23.2 Å². The van der Waals surface area contributed by atoms with E-state index in [-0.39, 0.29) is 5.91 Å².